The topological polar surface area (TPSA) is 62.3 Å². The van der Waals surface area contributed by atoms with Crippen molar-refractivity contribution >= 4 is 50.7 Å². The number of rotatable bonds is 6. The summed E-state index contributed by atoms with van der Waals surface area (Å²) in [6, 6.07) is 15.1. The quantitative estimate of drug-likeness (QED) is 0.365. The van der Waals surface area contributed by atoms with Crippen molar-refractivity contribution in [2.75, 3.05) is 6.61 Å². The first kappa shape index (κ1) is 18.9. The molecule has 2 heterocycles. The third-order valence-corrected chi connectivity index (χ3v) is 5.75. The number of H-pyrrole nitrogens is 1. The van der Waals surface area contributed by atoms with Crippen molar-refractivity contribution in [3.63, 3.8) is 0 Å². The van der Waals surface area contributed by atoms with Crippen molar-refractivity contribution in [2.45, 2.75) is 6.42 Å². The highest BCUT2D eigenvalue weighted by Gasteiger charge is 2.23. The Balaban J connectivity index is 1.69. The summed E-state index contributed by atoms with van der Waals surface area (Å²) in [5.74, 6) is -0.414. The second-order valence-corrected chi connectivity index (χ2v) is 7.98. The van der Waals surface area contributed by atoms with Gasteiger partial charge in [0.1, 0.15) is 11.2 Å². The van der Waals surface area contributed by atoms with Crippen LogP contribution in [0.5, 0.6) is 5.75 Å². The average Bonchev–Trinajstić information content (AvgIpc) is 3.21. The van der Waals surface area contributed by atoms with Crippen LogP contribution in [-0.4, -0.2) is 22.7 Å². The van der Waals surface area contributed by atoms with Crippen LogP contribution in [-0.2, 0) is 6.42 Å². The highest BCUT2D eigenvalue weighted by molar-refractivity contribution is 7.18. The Kier molecular flexibility index (Phi) is 5.31. The molecule has 0 unspecified atom stereocenters. The van der Waals surface area contributed by atoms with E-state index in [0.717, 1.165) is 11.1 Å². The zero-order valence-electron chi connectivity index (χ0n) is 14.5. The van der Waals surface area contributed by atoms with E-state index in [2.05, 4.69) is 4.98 Å². The second-order valence-electron chi connectivity index (χ2n) is 6.23. The van der Waals surface area contributed by atoms with E-state index in [1.807, 2.05) is 35.7 Å². The number of nitrogens with one attached hydrogen (secondary N) is 1. The van der Waals surface area contributed by atoms with Gasteiger partial charge in [0.2, 0.25) is 0 Å². The van der Waals surface area contributed by atoms with E-state index in [0.29, 0.717) is 39.0 Å². The maximum absolute atomic E-state index is 11.8. The molecule has 4 nitrogen and oxygen atoms in total. The van der Waals surface area contributed by atoms with Gasteiger partial charge >= 0.3 is 5.97 Å². The van der Waals surface area contributed by atoms with Crippen LogP contribution in [0.4, 0.5) is 0 Å². The van der Waals surface area contributed by atoms with E-state index >= 15 is 0 Å². The number of thiophene rings is 1. The van der Waals surface area contributed by atoms with Crippen molar-refractivity contribution < 1.29 is 14.6 Å². The second kappa shape index (κ2) is 7.87. The lowest BCUT2D eigenvalue weighted by Crippen LogP contribution is -2.01. The molecule has 0 bridgehead atoms. The van der Waals surface area contributed by atoms with E-state index < -0.39 is 5.97 Å². The number of aromatic nitrogens is 1. The normalized spacial score (nSPS) is 11.1. The molecular weight excluding hydrogens is 417 g/mol. The smallest absolute Gasteiger partial charge is 0.353 e. The molecule has 0 atom stereocenters. The first-order valence-corrected chi connectivity index (χ1v) is 10.2. The lowest BCUT2D eigenvalue weighted by Gasteiger charge is -2.04. The number of aromatic carboxylic acids is 1. The Labute approximate surface area is 175 Å². The number of carboxylic acids is 1. The predicted molar refractivity (Wildman–Crippen MR) is 114 cm³/mol. The summed E-state index contributed by atoms with van der Waals surface area (Å²) < 4.78 is 6.73. The summed E-state index contributed by atoms with van der Waals surface area (Å²) in [6.45, 7) is 0.496. The van der Waals surface area contributed by atoms with Gasteiger partial charge in [0.25, 0.3) is 0 Å². The molecule has 142 valence electrons. The molecule has 0 saturated carbocycles. The Morgan fingerprint density at radius 2 is 1.82 bits per heavy atom. The molecule has 0 aliphatic carbocycles. The van der Waals surface area contributed by atoms with E-state index in [4.69, 9.17) is 27.9 Å². The Bertz CT molecular complexity index is 1130. The molecule has 0 aliphatic heterocycles. The minimum Gasteiger partial charge on any atom is -0.490 e. The number of carboxylic acid groups (broad SMARTS) is 1. The van der Waals surface area contributed by atoms with Crippen LogP contribution >= 0.6 is 34.5 Å². The molecule has 0 fully saturated rings. The van der Waals surface area contributed by atoms with Gasteiger partial charge in [-0.2, -0.15) is 0 Å². The SMILES string of the molecule is O=C(O)c1[nH]c2c(OCCc3ccccc3)csc2c1-c1cc(Cl)cc(Cl)c1. The van der Waals surface area contributed by atoms with Crippen LogP contribution in [0, 0.1) is 0 Å². The number of hydrogen-bond donors (Lipinski definition) is 2. The van der Waals surface area contributed by atoms with Crippen molar-refractivity contribution in [3.05, 3.63) is 75.2 Å². The Morgan fingerprint density at radius 1 is 1.11 bits per heavy atom. The molecule has 4 aromatic rings. The van der Waals surface area contributed by atoms with Crippen LogP contribution in [0.15, 0.2) is 53.9 Å². The summed E-state index contributed by atoms with van der Waals surface area (Å²) >= 11 is 13.7. The van der Waals surface area contributed by atoms with Gasteiger partial charge in [-0.15, -0.1) is 11.3 Å². The van der Waals surface area contributed by atoms with Crippen molar-refractivity contribution in [3.8, 4) is 16.9 Å². The average molecular weight is 432 g/mol. The fourth-order valence-electron chi connectivity index (χ4n) is 3.11. The third-order valence-electron chi connectivity index (χ3n) is 4.34. The van der Waals surface area contributed by atoms with Crippen LogP contribution in [0.25, 0.3) is 21.3 Å². The minimum atomic E-state index is -1.05. The molecule has 2 aromatic carbocycles. The van der Waals surface area contributed by atoms with Crippen molar-refractivity contribution in [1.29, 1.82) is 0 Å². The minimum absolute atomic E-state index is 0.0908. The summed E-state index contributed by atoms with van der Waals surface area (Å²) in [4.78, 5) is 14.8. The molecule has 0 spiro atoms. The monoisotopic (exact) mass is 431 g/mol. The maximum Gasteiger partial charge on any atom is 0.353 e. The van der Waals surface area contributed by atoms with Crippen LogP contribution in [0.2, 0.25) is 10.0 Å². The Hall–Kier alpha value is -2.47. The Morgan fingerprint density at radius 3 is 2.50 bits per heavy atom. The molecule has 4 rings (SSSR count). The highest BCUT2D eigenvalue weighted by atomic mass is 35.5. The fraction of sp³-hybridized carbons (Fsp3) is 0.0952. The lowest BCUT2D eigenvalue weighted by atomic mass is 10.1. The van der Waals surface area contributed by atoms with Gasteiger partial charge in [-0.05, 0) is 29.3 Å². The van der Waals surface area contributed by atoms with Gasteiger partial charge in [-0.1, -0.05) is 53.5 Å². The lowest BCUT2D eigenvalue weighted by molar-refractivity contribution is 0.0692. The van der Waals surface area contributed by atoms with Gasteiger partial charge in [0, 0.05) is 27.4 Å². The van der Waals surface area contributed by atoms with Crippen molar-refractivity contribution in [2.24, 2.45) is 0 Å². The predicted octanol–water partition coefficient (Wildman–Crippen LogP) is 6.52. The molecule has 0 amide bonds. The van der Waals surface area contributed by atoms with Gasteiger partial charge in [-0.3, -0.25) is 0 Å². The molecule has 0 aliphatic rings. The van der Waals surface area contributed by atoms with E-state index in [1.54, 1.807) is 18.2 Å². The molecule has 28 heavy (non-hydrogen) atoms. The van der Waals surface area contributed by atoms with Gasteiger partial charge in [0.15, 0.2) is 5.75 Å². The molecule has 2 N–H and O–H groups in total. The number of aromatic amines is 1. The fourth-order valence-corrected chi connectivity index (χ4v) is 4.65. The largest absolute Gasteiger partial charge is 0.490 e. The molecule has 2 aromatic heterocycles. The molecular formula is C21H15Cl2NO3S. The number of benzene rings is 2. The van der Waals surface area contributed by atoms with E-state index in [1.165, 1.54) is 16.9 Å². The van der Waals surface area contributed by atoms with E-state index in [-0.39, 0.29) is 5.69 Å². The van der Waals surface area contributed by atoms with Crippen molar-refractivity contribution in [1.82, 2.24) is 4.98 Å². The van der Waals surface area contributed by atoms with Crippen LogP contribution in [0.1, 0.15) is 16.1 Å². The molecule has 7 heteroatoms. The van der Waals surface area contributed by atoms with Crippen LogP contribution in [0.3, 0.4) is 0 Å². The van der Waals surface area contributed by atoms with E-state index in [9.17, 15) is 9.90 Å². The number of halogens is 2. The highest BCUT2D eigenvalue weighted by Crippen LogP contribution is 2.42. The van der Waals surface area contributed by atoms with Crippen LogP contribution < -0.4 is 4.74 Å². The summed E-state index contributed by atoms with van der Waals surface area (Å²) in [5, 5.41) is 12.4. The first-order valence-electron chi connectivity index (χ1n) is 8.52. The summed E-state index contributed by atoms with van der Waals surface area (Å²) in [7, 11) is 0. The zero-order chi connectivity index (χ0) is 19.7. The first-order chi connectivity index (χ1) is 13.5. The summed E-state index contributed by atoms with van der Waals surface area (Å²) in [5.41, 5.74) is 3.16. The standard InChI is InChI=1S/C21H15Cl2NO3S/c22-14-8-13(9-15(23)10-14)17-19(21(25)26)24-18-16(11-28-20(17)18)27-7-6-12-4-2-1-3-5-12/h1-5,8-11,24H,6-7H2,(H,25,26). The number of carbonyl (C=O) groups is 1. The number of fused-ring (bicyclic) bond motifs is 1. The summed E-state index contributed by atoms with van der Waals surface area (Å²) in [6.07, 6.45) is 0.765. The maximum atomic E-state index is 11.8. The molecule has 0 radical (unpaired) electrons. The molecule has 0 saturated heterocycles. The van der Waals surface area contributed by atoms with Gasteiger partial charge in [0.05, 0.1) is 11.3 Å². The zero-order valence-corrected chi connectivity index (χ0v) is 16.9. The number of ether oxygens (including phenoxy) is 1. The number of hydrogen-bond acceptors (Lipinski definition) is 3. The third kappa shape index (κ3) is 3.74. The van der Waals surface area contributed by atoms with Gasteiger partial charge in [-0.25, -0.2) is 4.79 Å². The van der Waals surface area contributed by atoms with Gasteiger partial charge < -0.3 is 14.8 Å².